The van der Waals surface area contributed by atoms with Crippen LogP contribution in [0.4, 0.5) is 0 Å². The molecule has 0 aromatic carbocycles. The van der Waals surface area contributed by atoms with Crippen molar-refractivity contribution in [3.05, 3.63) is 0 Å². The lowest BCUT2D eigenvalue weighted by atomic mass is 9.92. The summed E-state index contributed by atoms with van der Waals surface area (Å²) >= 11 is 0. The Morgan fingerprint density at radius 1 is 1.06 bits per heavy atom. The van der Waals surface area contributed by atoms with Crippen LogP contribution in [0.15, 0.2) is 0 Å². The predicted octanol–water partition coefficient (Wildman–Crippen LogP) is 2.56. The standard InChI is InChI=1S/C13H24O4/c1-5-11(13(15)17-7-3)8-10(4)9-12(14)16-6-2/h10-11H,5-9H2,1-4H3. The molecule has 17 heavy (non-hydrogen) atoms. The fourth-order valence-corrected chi connectivity index (χ4v) is 1.76. The molecule has 2 atom stereocenters. The molecule has 0 rings (SSSR count). The molecule has 100 valence electrons. The molecule has 0 aliphatic heterocycles. The predicted molar refractivity (Wildman–Crippen MR) is 65.4 cm³/mol. The summed E-state index contributed by atoms with van der Waals surface area (Å²) in [5.74, 6) is -0.327. The van der Waals surface area contributed by atoms with Crippen LogP contribution in [0.25, 0.3) is 0 Å². The van der Waals surface area contributed by atoms with Gasteiger partial charge < -0.3 is 9.47 Å². The largest absolute Gasteiger partial charge is 0.466 e. The van der Waals surface area contributed by atoms with E-state index in [0.29, 0.717) is 26.1 Å². The number of ether oxygens (including phenoxy) is 2. The second-order valence-corrected chi connectivity index (χ2v) is 4.21. The van der Waals surface area contributed by atoms with Crippen LogP contribution in [0.1, 0.15) is 47.0 Å². The number of carbonyl (C=O) groups excluding carboxylic acids is 2. The molecule has 0 aromatic heterocycles. The third-order valence-corrected chi connectivity index (χ3v) is 2.62. The van der Waals surface area contributed by atoms with E-state index < -0.39 is 0 Å². The summed E-state index contributed by atoms with van der Waals surface area (Å²) in [7, 11) is 0. The zero-order chi connectivity index (χ0) is 13.3. The maximum atomic E-state index is 11.6. The van der Waals surface area contributed by atoms with Crippen molar-refractivity contribution in [2.24, 2.45) is 11.8 Å². The van der Waals surface area contributed by atoms with Gasteiger partial charge in [-0.2, -0.15) is 0 Å². The summed E-state index contributed by atoms with van der Waals surface area (Å²) in [6, 6.07) is 0. The van der Waals surface area contributed by atoms with Crippen molar-refractivity contribution >= 4 is 11.9 Å². The van der Waals surface area contributed by atoms with Gasteiger partial charge in [0.25, 0.3) is 0 Å². The normalized spacial score (nSPS) is 13.9. The molecule has 2 unspecified atom stereocenters. The second-order valence-electron chi connectivity index (χ2n) is 4.21. The van der Waals surface area contributed by atoms with Gasteiger partial charge in [-0.15, -0.1) is 0 Å². The molecule has 0 fully saturated rings. The highest BCUT2D eigenvalue weighted by Crippen LogP contribution is 2.20. The van der Waals surface area contributed by atoms with Crippen molar-refractivity contribution in [2.45, 2.75) is 47.0 Å². The summed E-state index contributed by atoms with van der Waals surface area (Å²) < 4.78 is 9.87. The first-order chi connectivity index (χ1) is 8.04. The molecular formula is C13H24O4. The molecule has 0 spiro atoms. The van der Waals surface area contributed by atoms with E-state index in [9.17, 15) is 9.59 Å². The lowest BCUT2D eigenvalue weighted by Crippen LogP contribution is -2.21. The van der Waals surface area contributed by atoms with Crippen molar-refractivity contribution in [1.82, 2.24) is 0 Å². The van der Waals surface area contributed by atoms with Crippen LogP contribution < -0.4 is 0 Å². The number of esters is 2. The van der Waals surface area contributed by atoms with Crippen LogP contribution in [0.5, 0.6) is 0 Å². The molecule has 0 bridgehead atoms. The van der Waals surface area contributed by atoms with E-state index >= 15 is 0 Å². The molecule has 0 aliphatic rings. The zero-order valence-corrected chi connectivity index (χ0v) is 11.3. The molecule has 4 nitrogen and oxygen atoms in total. The maximum absolute atomic E-state index is 11.6. The minimum absolute atomic E-state index is 0.112. The SMILES string of the molecule is CCOC(=O)CC(C)CC(CC)C(=O)OCC. The van der Waals surface area contributed by atoms with Gasteiger partial charge in [-0.05, 0) is 32.6 Å². The Bertz CT molecular complexity index is 238. The Balaban J connectivity index is 4.09. The summed E-state index contributed by atoms with van der Waals surface area (Å²) in [6.45, 7) is 8.31. The van der Waals surface area contributed by atoms with E-state index in [1.165, 1.54) is 0 Å². The van der Waals surface area contributed by atoms with E-state index in [1.807, 2.05) is 13.8 Å². The van der Waals surface area contributed by atoms with Crippen LogP contribution >= 0.6 is 0 Å². The Morgan fingerprint density at radius 2 is 1.65 bits per heavy atom. The molecular weight excluding hydrogens is 220 g/mol. The quantitative estimate of drug-likeness (QED) is 0.616. The molecule has 4 heteroatoms. The van der Waals surface area contributed by atoms with Gasteiger partial charge >= 0.3 is 11.9 Å². The van der Waals surface area contributed by atoms with Crippen LogP contribution in [0.2, 0.25) is 0 Å². The highest BCUT2D eigenvalue weighted by atomic mass is 16.5. The van der Waals surface area contributed by atoms with Crippen molar-refractivity contribution in [3.63, 3.8) is 0 Å². The topological polar surface area (TPSA) is 52.6 Å². The van der Waals surface area contributed by atoms with Crippen LogP contribution in [-0.4, -0.2) is 25.2 Å². The number of carbonyl (C=O) groups is 2. The molecule has 0 aromatic rings. The highest BCUT2D eigenvalue weighted by molar-refractivity contribution is 5.73. The highest BCUT2D eigenvalue weighted by Gasteiger charge is 2.22. The van der Waals surface area contributed by atoms with E-state index in [-0.39, 0.29) is 23.8 Å². The molecule has 0 saturated heterocycles. The lowest BCUT2D eigenvalue weighted by Gasteiger charge is -2.17. The molecule has 0 N–H and O–H groups in total. The third kappa shape index (κ3) is 6.97. The smallest absolute Gasteiger partial charge is 0.308 e. The van der Waals surface area contributed by atoms with Crippen molar-refractivity contribution < 1.29 is 19.1 Å². The molecule has 0 aliphatic carbocycles. The van der Waals surface area contributed by atoms with Gasteiger partial charge in [-0.25, -0.2) is 0 Å². The Morgan fingerprint density at radius 3 is 2.12 bits per heavy atom. The zero-order valence-electron chi connectivity index (χ0n) is 11.3. The van der Waals surface area contributed by atoms with E-state index in [0.717, 1.165) is 6.42 Å². The molecule has 0 radical (unpaired) electrons. The van der Waals surface area contributed by atoms with Gasteiger partial charge in [0.05, 0.1) is 19.1 Å². The second kappa shape index (κ2) is 9.02. The summed E-state index contributed by atoms with van der Waals surface area (Å²) in [5.41, 5.74) is 0. The number of rotatable bonds is 8. The van der Waals surface area contributed by atoms with E-state index in [2.05, 4.69) is 0 Å². The molecule has 0 saturated carbocycles. The lowest BCUT2D eigenvalue weighted by molar-refractivity contribution is -0.150. The summed E-state index contributed by atoms with van der Waals surface area (Å²) in [6.07, 6.45) is 1.78. The first kappa shape index (κ1) is 15.9. The monoisotopic (exact) mass is 244 g/mol. The average molecular weight is 244 g/mol. The Hall–Kier alpha value is -1.06. The third-order valence-electron chi connectivity index (χ3n) is 2.62. The number of hydrogen-bond acceptors (Lipinski definition) is 4. The van der Waals surface area contributed by atoms with Crippen LogP contribution in [0, 0.1) is 11.8 Å². The minimum Gasteiger partial charge on any atom is -0.466 e. The van der Waals surface area contributed by atoms with Gasteiger partial charge in [0.1, 0.15) is 0 Å². The minimum atomic E-state index is -0.196. The van der Waals surface area contributed by atoms with Gasteiger partial charge in [0, 0.05) is 6.42 Å². The maximum Gasteiger partial charge on any atom is 0.308 e. The molecule has 0 amide bonds. The van der Waals surface area contributed by atoms with Gasteiger partial charge in [0.15, 0.2) is 0 Å². The first-order valence-electron chi connectivity index (χ1n) is 6.37. The summed E-state index contributed by atoms with van der Waals surface area (Å²) in [5, 5.41) is 0. The average Bonchev–Trinajstić information content (AvgIpc) is 2.26. The van der Waals surface area contributed by atoms with Gasteiger partial charge in [-0.1, -0.05) is 13.8 Å². The van der Waals surface area contributed by atoms with Crippen molar-refractivity contribution in [2.75, 3.05) is 13.2 Å². The number of hydrogen-bond donors (Lipinski definition) is 0. The van der Waals surface area contributed by atoms with E-state index in [1.54, 1.807) is 13.8 Å². The van der Waals surface area contributed by atoms with Crippen LogP contribution in [0.3, 0.4) is 0 Å². The van der Waals surface area contributed by atoms with Crippen molar-refractivity contribution in [3.8, 4) is 0 Å². The molecule has 0 heterocycles. The fraction of sp³-hybridized carbons (Fsp3) is 0.846. The first-order valence-corrected chi connectivity index (χ1v) is 6.37. The van der Waals surface area contributed by atoms with Gasteiger partial charge in [0.2, 0.25) is 0 Å². The summed E-state index contributed by atoms with van der Waals surface area (Å²) in [4.78, 5) is 22.9. The fourth-order valence-electron chi connectivity index (χ4n) is 1.76. The van der Waals surface area contributed by atoms with Crippen LogP contribution in [-0.2, 0) is 19.1 Å². The Labute approximate surface area is 104 Å². The van der Waals surface area contributed by atoms with Crippen molar-refractivity contribution in [1.29, 1.82) is 0 Å². The van der Waals surface area contributed by atoms with E-state index in [4.69, 9.17) is 9.47 Å². The van der Waals surface area contributed by atoms with Gasteiger partial charge in [-0.3, -0.25) is 9.59 Å². The Kier molecular flexibility index (Phi) is 8.46.